The predicted molar refractivity (Wildman–Crippen MR) is 110 cm³/mol. The van der Waals surface area contributed by atoms with Crippen LogP contribution in [0.2, 0.25) is 0 Å². The lowest BCUT2D eigenvalue weighted by Crippen LogP contribution is -2.44. The van der Waals surface area contributed by atoms with Gasteiger partial charge in [0.05, 0.1) is 6.20 Å². The third kappa shape index (κ3) is 4.96. The van der Waals surface area contributed by atoms with Gasteiger partial charge in [-0.25, -0.2) is 9.78 Å². The molecular weight excluding hydrogens is 384 g/mol. The highest BCUT2D eigenvalue weighted by Crippen LogP contribution is 2.19. The second-order valence-corrected chi connectivity index (χ2v) is 6.93. The summed E-state index contributed by atoms with van der Waals surface area (Å²) in [6, 6.07) is 15.7. The van der Waals surface area contributed by atoms with Gasteiger partial charge in [-0.3, -0.25) is 4.79 Å². The third-order valence-corrected chi connectivity index (χ3v) is 4.80. The zero-order valence-electron chi connectivity index (χ0n) is 16.3. The fourth-order valence-corrected chi connectivity index (χ4v) is 3.19. The Morgan fingerprint density at radius 2 is 1.73 bits per heavy atom. The fraction of sp³-hybridized carbons (Fsp3) is 0.227. The Morgan fingerprint density at radius 3 is 2.40 bits per heavy atom. The van der Waals surface area contributed by atoms with Crippen LogP contribution in [0.4, 0.5) is 10.5 Å². The van der Waals surface area contributed by atoms with E-state index in [2.05, 4.69) is 10.3 Å². The fourth-order valence-electron chi connectivity index (χ4n) is 3.19. The molecular formula is C22H22N4O4. The number of amides is 2. The molecule has 1 saturated heterocycles. The number of rotatable bonds is 5. The molecule has 30 heavy (non-hydrogen) atoms. The van der Waals surface area contributed by atoms with Crippen molar-refractivity contribution in [2.45, 2.75) is 18.9 Å². The Bertz CT molecular complexity index is 966. The summed E-state index contributed by atoms with van der Waals surface area (Å²) in [7, 11) is 0. The van der Waals surface area contributed by atoms with Crippen LogP contribution in [0, 0.1) is 0 Å². The van der Waals surface area contributed by atoms with Crippen LogP contribution in [0.1, 0.15) is 23.2 Å². The standard InChI is InChI=1S/C22H22N4O4/c27-21(17-4-2-1-3-5-17)24-18-6-8-19(9-7-18)29-22(28)25-13-10-20(11-14-25)30-26-15-12-23-16-26/h1-9,12,15-16,20H,10-11,13-14H2,(H,24,27). The number of ether oxygens (including phenoxy) is 1. The van der Waals surface area contributed by atoms with Crippen molar-refractivity contribution in [1.29, 1.82) is 0 Å². The summed E-state index contributed by atoms with van der Waals surface area (Å²) in [6.45, 7) is 1.12. The summed E-state index contributed by atoms with van der Waals surface area (Å²) in [5.41, 5.74) is 1.20. The van der Waals surface area contributed by atoms with Gasteiger partial charge in [-0.1, -0.05) is 18.2 Å². The number of imidazole rings is 1. The SMILES string of the molecule is O=C(Nc1ccc(OC(=O)N2CCC(On3ccnc3)CC2)cc1)c1ccccc1. The molecule has 0 radical (unpaired) electrons. The van der Waals surface area contributed by atoms with Gasteiger partial charge in [-0.15, -0.1) is 0 Å². The number of carbonyl (C=O) groups is 2. The van der Waals surface area contributed by atoms with Crippen LogP contribution >= 0.6 is 0 Å². The smallest absolute Gasteiger partial charge is 0.410 e. The Labute approximate surface area is 174 Å². The molecule has 0 atom stereocenters. The molecule has 0 bridgehead atoms. The van der Waals surface area contributed by atoms with E-state index < -0.39 is 6.09 Å². The Balaban J connectivity index is 1.25. The minimum Gasteiger partial charge on any atom is -0.410 e. The quantitative estimate of drug-likeness (QED) is 0.703. The van der Waals surface area contributed by atoms with Crippen LogP contribution in [-0.4, -0.2) is 45.8 Å². The zero-order chi connectivity index (χ0) is 20.8. The van der Waals surface area contributed by atoms with Crippen molar-refractivity contribution in [3.05, 3.63) is 78.9 Å². The average molecular weight is 406 g/mol. The van der Waals surface area contributed by atoms with Crippen LogP contribution in [0.5, 0.6) is 5.75 Å². The first-order valence-electron chi connectivity index (χ1n) is 9.76. The van der Waals surface area contributed by atoms with Crippen molar-refractivity contribution >= 4 is 17.7 Å². The molecule has 154 valence electrons. The number of aromatic nitrogens is 2. The van der Waals surface area contributed by atoms with E-state index in [4.69, 9.17) is 9.57 Å². The second kappa shape index (κ2) is 9.13. The third-order valence-electron chi connectivity index (χ3n) is 4.80. The lowest BCUT2D eigenvalue weighted by atomic mass is 10.1. The molecule has 1 aromatic heterocycles. The summed E-state index contributed by atoms with van der Waals surface area (Å²) in [5, 5.41) is 2.81. The molecule has 2 aromatic carbocycles. The summed E-state index contributed by atoms with van der Waals surface area (Å²) in [4.78, 5) is 36.0. The largest absolute Gasteiger partial charge is 0.415 e. The molecule has 1 aliphatic rings. The highest BCUT2D eigenvalue weighted by Gasteiger charge is 2.25. The van der Waals surface area contributed by atoms with Crippen LogP contribution in [0.3, 0.4) is 0 Å². The zero-order valence-corrected chi connectivity index (χ0v) is 16.3. The maximum Gasteiger partial charge on any atom is 0.415 e. The molecule has 3 aromatic rings. The number of carbonyl (C=O) groups excluding carboxylic acids is 2. The van der Waals surface area contributed by atoms with Gasteiger partial charge in [0.2, 0.25) is 0 Å². The molecule has 1 N–H and O–H groups in total. The van der Waals surface area contributed by atoms with E-state index in [1.54, 1.807) is 64.7 Å². The first-order chi connectivity index (χ1) is 14.7. The Morgan fingerprint density at radius 1 is 1.00 bits per heavy atom. The minimum atomic E-state index is -0.392. The normalized spacial score (nSPS) is 14.2. The van der Waals surface area contributed by atoms with Gasteiger partial charge < -0.3 is 19.8 Å². The van der Waals surface area contributed by atoms with E-state index >= 15 is 0 Å². The summed E-state index contributed by atoms with van der Waals surface area (Å²) >= 11 is 0. The maximum absolute atomic E-state index is 12.4. The number of nitrogens with zero attached hydrogens (tertiary/aromatic N) is 3. The van der Waals surface area contributed by atoms with Gasteiger partial charge in [0.25, 0.3) is 5.91 Å². The summed E-state index contributed by atoms with van der Waals surface area (Å²) < 4.78 is 7.04. The number of piperidine rings is 1. The van der Waals surface area contributed by atoms with Crippen molar-refractivity contribution in [2.24, 2.45) is 0 Å². The van der Waals surface area contributed by atoms with E-state index in [1.165, 1.54) is 0 Å². The van der Waals surface area contributed by atoms with E-state index in [-0.39, 0.29) is 12.0 Å². The topological polar surface area (TPSA) is 85.7 Å². The van der Waals surface area contributed by atoms with E-state index in [0.717, 1.165) is 12.8 Å². The molecule has 2 heterocycles. The molecule has 8 nitrogen and oxygen atoms in total. The van der Waals surface area contributed by atoms with Crippen molar-refractivity contribution in [2.75, 3.05) is 18.4 Å². The Hall–Kier alpha value is -3.81. The van der Waals surface area contributed by atoms with Gasteiger partial charge in [0, 0.05) is 43.4 Å². The van der Waals surface area contributed by atoms with E-state index in [9.17, 15) is 9.59 Å². The average Bonchev–Trinajstić information content (AvgIpc) is 3.29. The highest BCUT2D eigenvalue weighted by atomic mass is 16.7. The molecule has 2 amide bonds. The number of hydrogen-bond acceptors (Lipinski definition) is 5. The maximum atomic E-state index is 12.4. The van der Waals surface area contributed by atoms with Crippen molar-refractivity contribution in [3.63, 3.8) is 0 Å². The lowest BCUT2D eigenvalue weighted by Gasteiger charge is -2.31. The summed E-state index contributed by atoms with van der Waals surface area (Å²) in [5.74, 6) is 0.232. The number of nitrogens with one attached hydrogen (secondary N) is 1. The number of anilines is 1. The van der Waals surface area contributed by atoms with Crippen LogP contribution in [0.15, 0.2) is 73.3 Å². The molecule has 4 rings (SSSR count). The Kier molecular flexibility index (Phi) is 5.93. The van der Waals surface area contributed by atoms with E-state index in [0.29, 0.717) is 30.1 Å². The van der Waals surface area contributed by atoms with Gasteiger partial charge in [0.1, 0.15) is 18.2 Å². The number of likely N-dealkylation sites (tertiary alicyclic amines) is 1. The number of benzene rings is 2. The minimum absolute atomic E-state index is 0.0377. The molecule has 8 heteroatoms. The van der Waals surface area contributed by atoms with Crippen LogP contribution in [0.25, 0.3) is 0 Å². The molecule has 1 fully saturated rings. The van der Waals surface area contributed by atoms with Gasteiger partial charge in [0.15, 0.2) is 0 Å². The number of hydrogen-bond donors (Lipinski definition) is 1. The molecule has 1 aliphatic heterocycles. The lowest BCUT2D eigenvalue weighted by molar-refractivity contribution is -0.0000207. The second-order valence-electron chi connectivity index (χ2n) is 6.93. The first-order valence-corrected chi connectivity index (χ1v) is 9.76. The molecule has 0 spiro atoms. The van der Waals surface area contributed by atoms with Crippen molar-refractivity contribution in [1.82, 2.24) is 14.6 Å². The van der Waals surface area contributed by atoms with Gasteiger partial charge >= 0.3 is 6.09 Å². The monoisotopic (exact) mass is 406 g/mol. The summed E-state index contributed by atoms with van der Waals surface area (Å²) in [6.07, 6.45) is 6.09. The van der Waals surface area contributed by atoms with Gasteiger partial charge in [-0.2, -0.15) is 4.73 Å². The molecule has 0 unspecified atom stereocenters. The van der Waals surface area contributed by atoms with Crippen LogP contribution < -0.4 is 14.9 Å². The van der Waals surface area contributed by atoms with Crippen molar-refractivity contribution < 1.29 is 19.2 Å². The first kappa shape index (κ1) is 19.5. The highest BCUT2D eigenvalue weighted by molar-refractivity contribution is 6.04. The van der Waals surface area contributed by atoms with Gasteiger partial charge in [-0.05, 0) is 36.4 Å². The van der Waals surface area contributed by atoms with E-state index in [1.807, 2.05) is 18.2 Å². The molecule has 0 saturated carbocycles. The van der Waals surface area contributed by atoms with Crippen molar-refractivity contribution in [3.8, 4) is 5.75 Å². The van der Waals surface area contributed by atoms with Crippen LogP contribution in [-0.2, 0) is 0 Å². The predicted octanol–water partition coefficient (Wildman–Crippen LogP) is 3.23. The molecule has 0 aliphatic carbocycles.